The maximum absolute atomic E-state index is 12.7. The van der Waals surface area contributed by atoms with Gasteiger partial charge in [0.1, 0.15) is 11.2 Å². The molecular formula is C18H30O3. The minimum atomic E-state index is -0.391. The van der Waals surface area contributed by atoms with Crippen molar-refractivity contribution < 1.29 is 14.3 Å². The summed E-state index contributed by atoms with van der Waals surface area (Å²) in [5.41, 5.74) is -0.907. The van der Waals surface area contributed by atoms with Gasteiger partial charge in [-0.2, -0.15) is 0 Å². The summed E-state index contributed by atoms with van der Waals surface area (Å²) in [5, 5.41) is 0. The lowest BCUT2D eigenvalue weighted by molar-refractivity contribution is -0.213. The molecule has 21 heavy (non-hydrogen) atoms. The van der Waals surface area contributed by atoms with E-state index in [1.807, 2.05) is 13.8 Å². The molecule has 2 heterocycles. The van der Waals surface area contributed by atoms with Crippen molar-refractivity contribution in [2.24, 2.45) is 5.41 Å². The van der Waals surface area contributed by atoms with Crippen molar-refractivity contribution in [2.45, 2.75) is 102 Å². The second kappa shape index (κ2) is 5.26. The number of hydrogen-bond donors (Lipinski definition) is 0. The predicted molar refractivity (Wildman–Crippen MR) is 82.1 cm³/mol. The van der Waals surface area contributed by atoms with E-state index in [4.69, 9.17) is 9.47 Å². The van der Waals surface area contributed by atoms with E-state index in [9.17, 15) is 4.79 Å². The van der Waals surface area contributed by atoms with Crippen LogP contribution in [-0.2, 0) is 14.3 Å². The third kappa shape index (κ3) is 2.42. The number of rotatable bonds is 4. The zero-order valence-corrected chi connectivity index (χ0v) is 13.9. The molecule has 0 amide bonds. The van der Waals surface area contributed by atoms with Gasteiger partial charge in [-0.05, 0) is 71.6 Å². The van der Waals surface area contributed by atoms with Crippen LogP contribution in [0.3, 0.4) is 0 Å². The maximum atomic E-state index is 12.7. The van der Waals surface area contributed by atoms with E-state index in [0.29, 0.717) is 6.10 Å². The van der Waals surface area contributed by atoms with Crippen molar-refractivity contribution >= 4 is 5.97 Å². The molecule has 120 valence electrons. The summed E-state index contributed by atoms with van der Waals surface area (Å²) in [7, 11) is 0. The summed E-state index contributed by atoms with van der Waals surface area (Å²) in [4.78, 5) is 12.7. The third-order valence-electron chi connectivity index (χ3n) is 6.35. The number of carbonyl (C=O) groups is 1. The number of fused-ring (bicyclic) bond motifs is 2. The molecular weight excluding hydrogens is 264 g/mol. The normalized spacial score (nSPS) is 34.9. The quantitative estimate of drug-likeness (QED) is 0.722. The van der Waals surface area contributed by atoms with Gasteiger partial charge in [0.05, 0.1) is 11.5 Å². The molecule has 0 aromatic heterocycles. The van der Waals surface area contributed by atoms with Crippen LogP contribution in [0.4, 0.5) is 0 Å². The summed E-state index contributed by atoms with van der Waals surface area (Å²) < 4.78 is 12.6. The highest BCUT2D eigenvalue weighted by atomic mass is 16.6. The Morgan fingerprint density at radius 2 is 1.76 bits per heavy atom. The molecule has 2 bridgehead atoms. The van der Waals surface area contributed by atoms with Crippen LogP contribution in [0.1, 0.15) is 85.0 Å². The van der Waals surface area contributed by atoms with Gasteiger partial charge in [0.25, 0.3) is 0 Å². The van der Waals surface area contributed by atoms with E-state index < -0.39 is 5.41 Å². The molecule has 0 aromatic rings. The minimum absolute atomic E-state index is 0.0276. The van der Waals surface area contributed by atoms with Gasteiger partial charge in [0, 0.05) is 0 Å². The Bertz CT molecular complexity index is 399. The van der Waals surface area contributed by atoms with E-state index in [1.54, 1.807) is 0 Å². The molecule has 3 fully saturated rings. The molecule has 0 spiro atoms. The fourth-order valence-corrected chi connectivity index (χ4v) is 4.41. The van der Waals surface area contributed by atoms with Crippen LogP contribution in [0.5, 0.6) is 0 Å². The van der Waals surface area contributed by atoms with Crippen molar-refractivity contribution in [1.82, 2.24) is 0 Å². The summed E-state index contributed by atoms with van der Waals surface area (Å²) in [5.74, 6) is -0.0276. The predicted octanol–water partition coefficient (Wildman–Crippen LogP) is 4.38. The Labute approximate surface area is 128 Å². The molecule has 0 radical (unpaired) electrons. The van der Waals surface area contributed by atoms with Crippen LogP contribution in [0.2, 0.25) is 0 Å². The summed E-state index contributed by atoms with van der Waals surface area (Å²) >= 11 is 0. The van der Waals surface area contributed by atoms with Gasteiger partial charge in [-0.15, -0.1) is 0 Å². The second-order valence-corrected chi connectivity index (χ2v) is 7.99. The number of esters is 1. The molecule has 2 aliphatic heterocycles. The van der Waals surface area contributed by atoms with Crippen LogP contribution in [-0.4, -0.2) is 23.3 Å². The van der Waals surface area contributed by atoms with E-state index in [2.05, 4.69) is 6.92 Å². The van der Waals surface area contributed by atoms with Crippen LogP contribution < -0.4 is 0 Å². The van der Waals surface area contributed by atoms with Crippen molar-refractivity contribution in [3.63, 3.8) is 0 Å². The first kappa shape index (κ1) is 15.3. The Hall–Kier alpha value is -0.570. The fraction of sp³-hybridized carbons (Fsp3) is 0.944. The molecule has 0 unspecified atom stereocenters. The highest BCUT2D eigenvalue weighted by Crippen LogP contribution is 2.56. The van der Waals surface area contributed by atoms with Crippen LogP contribution in [0.25, 0.3) is 0 Å². The van der Waals surface area contributed by atoms with Gasteiger partial charge in [-0.25, -0.2) is 0 Å². The Morgan fingerprint density at radius 1 is 1.14 bits per heavy atom. The molecule has 3 rings (SSSR count). The number of carbonyl (C=O) groups excluding carboxylic acids is 1. The Morgan fingerprint density at radius 3 is 2.24 bits per heavy atom. The molecule has 3 heteroatoms. The van der Waals surface area contributed by atoms with Gasteiger partial charge in [0.2, 0.25) is 0 Å². The highest BCUT2D eigenvalue weighted by molar-refractivity contribution is 5.76. The van der Waals surface area contributed by atoms with E-state index in [0.717, 1.165) is 57.8 Å². The van der Waals surface area contributed by atoms with Gasteiger partial charge < -0.3 is 9.47 Å². The topological polar surface area (TPSA) is 35.5 Å². The monoisotopic (exact) mass is 294 g/mol. The molecule has 0 atom stereocenters. The van der Waals surface area contributed by atoms with Crippen LogP contribution in [0, 0.1) is 5.41 Å². The first-order valence-corrected chi connectivity index (χ1v) is 8.84. The maximum Gasteiger partial charge on any atom is 0.312 e. The molecule has 1 aliphatic carbocycles. The molecule has 3 aliphatic rings. The lowest BCUT2D eigenvalue weighted by Crippen LogP contribution is -2.57. The van der Waals surface area contributed by atoms with E-state index in [-0.39, 0.29) is 17.2 Å². The SMILES string of the molecule is CCC(C)(C)C(=O)OC1(C23CCC(CC2)O3)CCCCC1. The Balaban J connectivity index is 1.86. The summed E-state index contributed by atoms with van der Waals surface area (Å²) in [6.07, 6.45) is 11.3. The van der Waals surface area contributed by atoms with Gasteiger partial charge in [-0.3, -0.25) is 4.79 Å². The standard InChI is InChI=1S/C18H30O3/c1-4-16(2,3)15(19)21-17(10-6-5-7-11-17)18-12-8-14(20-18)9-13-18/h14H,4-13H2,1-3H3. The van der Waals surface area contributed by atoms with E-state index in [1.165, 1.54) is 6.42 Å². The van der Waals surface area contributed by atoms with Gasteiger partial charge in [0.15, 0.2) is 0 Å². The zero-order chi connectivity index (χ0) is 15.1. The smallest absolute Gasteiger partial charge is 0.312 e. The van der Waals surface area contributed by atoms with Crippen molar-refractivity contribution in [3.8, 4) is 0 Å². The minimum Gasteiger partial charge on any atom is -0.456 e. The van der Waals surface area contributed by atoms with E-state index >= 15 is 0 Å². The van der Waals surface area contributed by atoms with Crippen molar-refractivity contribution in [3.05, 3.63) is 0 Å². The lowest BCUT2D eigenvalue weighted by atomic mass is 9.68. The number of hydrogen-bond acceptors (Lipinski definition) is 3. The largest absolute Gasteiger partial charge is 0.456 e. The molecule has 3 nitrogen and oxygen atoms in total. The average molecular weight is 294 g/mol. The Kier molecular flexibility index (Phi) is 3.84. The van der Waals surface area contributed by atoms with Gasteiger partial charge in [-0.1, -0.05) is 13.3 Å². The molecule has 0 aromatic carbocycles. The first-order valence-electron chi connectivity index (χ1n) is 8.84. The van der Waals surface area contributed by atoms with Crippen LogP contribution in [0.15, 0.2) is 0 Å². The average Bonchev–Trinajstić information content (AvgIpc) is 3.10. The highest BCUT2D eigenvalue weighted by Gasteiger charge is 2.62. The second-order valence-electron chi connectivity index (χ2n) is 7.99. The number of ether oxygens (including phenoxy) is 2. The zero-order valence-electron chi connectivity index (χ0n) is 13.9. The molecule has 1 saturated carbocycles. The van der Waals surface area contributed by atoms with Crippen LogP contribution >= 0.6 is 0 Å². The van der Waals surface area contributed by atoms with Crippen molar-refractivity contribution in [1.29, 1.82) is 0 Å². The first-order chi connectivity index (χ1) is 9.93. The molecule has 2 saturated heterocycles. The van der Waals surface area contributed by atoms with Gasteiger partial charge >= 0.3 is 5.97 Å². The third-order valence-corrected chi connectivity index (χ3v) is 6.35. The van der Waals surface area contributed by atoms with Crippen molar-refractivity contribution in [2.75, 3.05) is 0 Å². The molecule has 0 N–H and O–H groups in total. The summed E-state index contributed by atoms with van der Waals surface area (Å²) in [6.45, 7) is 6.05. The fourth-order valence-electron chi connectivity index (χ4n) is 4.41. The summed E-state index contributed by atoms with van der Waals surface area (Å²) in [6, 6.07) is 0. The lowest BCUT2D eigenvalue weighted by Gasteiger charge is -2.49.